The monoisotopic (exact) mass is 371 g/mol. The summed E-state index contributed by atoms with van der Waals surface area (Å²) in [5.41, 5.74) is 0.403. The molecule has 2 aliphatic rings. The number of aromatic nitrogens is 1. The van der Waals surface area contributed by atoms with Crippen molar-refractivity contribution in [3.8, 4) is 17.2 Å². The molecule has 2 aromatic rings. The van der Waals surface area contributed by atoms with Gasteiger partial charge in [0.1, 0.15) is 29.6 Å². The third kappa shape index (κ3) is 2.88. The van der Waals surface area contributed by atoms with Crippen LogP contribution in [-0.4, -0.2) is 35.6 Å². The summed E-state index contributed by atoms with van der Waals surface area (Å²) in [5.74, 6) is 1.68. The molecular formula is C21H25NO5. The van der Waals surface area contributed by atoms with Gasteiger partial charge < -0.3 is 23.5 Å². The molecule has 0 unspecified atom stereocenters. The van der Waals surface area contributed by atoms with Gasteiger partial charge in [0.2, 0.25) is 0 Å². The van der Waals surface area contributed by atoms with Gasteiger partial charge in [-0.25, -0.2) is 0 Å². The van der Waals surface area contributed by atoms with Crippen LogP contribution in [0, 0.1) is 0 Å². The number of nitrogens with zero attached hydrogens (tertiary/aromatic N) is 1. The molecule has 2 aliphatic heterocycles. The predicted octanol–water partition coefficient (Wildman–Crippen LogP) is 3.29. The van der Waals surface area contributed by atoms with Crippen molar-refractivity contribution in [1.82, 2.24) is 4.57 Å². The molecule has 1 aromatic carbocycles. The molecule has 6 heteroatoms. The zero-order valence-corrected chi connectivity index (χ0v) is 16.6. The van der Waals surface area contributed by atoms with Crippen LogP contribution in [0.5, 0.6) is 17.2 Å². The molecular weight excluding hydrogens is 346 g/mol. The summed E-state index contributed by atoms with van der Waals surface area (Å²) in [6, 6.07) is 3.75. The molecule has 0 spiro atoms. The molecule has 0 aliphatic carbocycles. The summed E-state index contributed by atoms with van der Waals surface area (Å²) in [6.45, 7) is 8.36. The fourth-order valence-electron chi connectivity index (χ4n) is 3.46. The first-order valence-electron chi connectivity index (χ1n) is 9.07. The number of aryl methyl sites for hydroxylation is 1. The van der Waals surface area contributed by atoms with Crippen LogP contribution in [0.25, 0.3) is 17.0 Å². The minimum absolute atomic E-state index is 0.0187. The Kier molecular flexibility index (Phi) is 3.82. The highest BCUT2D eigenvalue weighted by Crippen LogP contribution is 2.43. The number of hydrogen-bond donors (Lipinski definition) is 0. The summed E-state index contributed by atoms with van der Waals surface area (Å²) < 4.78 is 25.0. The van der Waals surface area contributed by atoms with E-state index in [9.17, 15) is 4.79 Å². The summed E-state index contributed by atoms with van der Waals surface area (Å²) in [6.07, 6.45) is 3.76. The first-order chi connectivity index (χ1) is 12.6. The Morgan fingerprint density at radius 1 is 1.22 bits per heavy atom. The fourth-order valence-corrected chi connectivity index (χ4v) is 3.46. The van der Waals surface area contributed by atoms with Crippen molar-refractivity contribution in [3.63, 3.8) is 0 Å². The highest BCUT2D eigenvalue weighted by molar-refractivity contribution is 5.95. The molecule has 0 saturated carbocycles. The Labute approximate surface area is 158 Å². The van der Waals surface area contributed by atoms with Crippen molar-refractivity contribution < 1.29 is 18.9 Å². The van der Waals surface area contributed by atoms with Crippen LogP contribution in [0.1, 0.15) is 33.3 Å². The van der Waals surface area contributed by atoms with Gasteiger partial charge in [-0.3, -0.25) is 4.79 Å². The van der Waals surface area contributed by atoms with Crippen molar-refractivity contribution in [2.24, 2.45) is 7.05 Å². The van der Waals surface area contributed by atoms with Crippen molar-refractivity contribution >= 4 is 17.0 Å². The molecule has 6 nitrogen and oxygen atoms in total. The van der Waals surface area contributed by atoms with Crippen LogP contribution in [0.4, 0.5) is 0 Å². The van der Waals surface area contributed by atoms with Crippen LogP contribution in [0.3, 0.4) is 0 Å². The quantitative estimate of drug-likeness (QED) is 0.772. The second-order valence-electron chi connectivity index (χ2n) is 8.16. The number of rotatable bonds is 4. The summed E-state index contributed by atoms with van der Waals surface area (Å²) in [5, 5.41) is 0.816. The number of methoxy groups -OCH3 is 1. The van der Waals surface area contributed by atoms with Crippen LogP contribution in [-0.2, 0) is 11.8 Å². The normalized spacial score (nSPS) is 21.5. The lowest BCUT2D eigenvalue weighted by atomic mass is 10.0. The maximum Gasteiger partial charge on any atom is 0.261 e. The van der Waals surface area contributed by atoms with Crippen LogP contribution >= 0.6 is 0 Å². The summed E-state index contributed by atoms with van der Waals surface area (Å²) >= 11 is 0. The zero-order valence-electron chi connectivity index (χ0n) is 16.6. The molecule has 3 heterocycles. The number of fused-ring (bicyclic) bond motifs is 3. The topological polar surface area (TPSA) is 62.2 Å². The smallest absolute Gasteiger partial charge is 0.261 e. The SMILES string of the molecule is COc1ccc2c3c(c(=O)n(C)c2c1OC[C@H]1OC1(C)C)C=CC(C)(C)O3. The molecule has 27 heavy (non-hydrogen) atoms. The Morgan fingerprint density at radius 2 is 1.93 bits per heavy atom. The predicted molar refractivity (Wildman–Crippen MR) is 104 cm³/mol. The molecule has 0 radical (unpaired) electrons. The molecule has 1 atom stereocenters. The van der Waals surface area contributed by atoms with Crippen molar-refractivity contribution in [1.29, 1.82) is 0 Å². The third-order valence-electron chi connectivity index (χ3n) is 5.23. The van der Waals surface area contributed by atoms with E-state index in [1.807, 2.05) is 52.0 Å². The fraction of sp³-hybridized carbons (Fsp3) is 0.476. The van der Waals surface area contributed by atoms with E-state index in [0.29, 0.717) is 34.9 Å². The molecule has 144 valence electrons. The second kappa shape index (κ2) is 5.76. The van der Waals surface area contributed by atoms with Crippen LogP contribution < -0.4 is 19.8 Å². The van der Waals surface area contributed by atoms with E-state index in [1.54, 1.807) is 18.7 Å². The average Bonchev–Trinajstić information content (AvgIpc) is 3.22. The third-order valence-corrected chi connectivity index (χ3v) is 5.23. The van der Waals surface area contributed by atoms with E-state index in [4.69, 9.17) is 18.9 Å². The van der Waals surface area contributed by atoms with Crippen molar-refractivity contribution in [3.05, 3.63) is 34.1 Å². The number of epoxide rings is 1. The van der Waals surface area contributed by atoms with Gasteiger partial charge >= 0.3 is 0 Å². The maximum atomic E-state index is 13.0. The summed E-state index contributed by atoms with van der Waals surface area (Å²) in [7, 11) is 3.33. The average molecular weight is 371 g/mol. The van der Waals surface area contributed by atoms with E-state index in [2.05, 4.69) is 0 Å². The Balaban J connectivity index is 1.90. The molecule has 0 amide bonds. The molecule has 4 rings (SSSR count). The van der Waals surface area contributed by atoms with E-state index in [1.165, 1.54) is 0 Å². The minimum atomic E-state index is -0.487. The van der Waals surface area contributed by atoms with Crippen LogP contribution in [0.15, 0.2) is 23.0 Å². The Bertz CT molecular complexity index is 1020. The second-order valence-corrected chi connectivity index (χ2v) is 8.16. The number of hydrogen-bond acceptors (Lipinski definition) is 5. The van der Waals surface area contributed by atoms with E-state index in [0.717, 1.165) is 5.39 Å². The van der Waals surface area contributed by atoms with Gasteiger partial charge in [-0.2, -0.15) is 0 Å². The van der Waals surface area contributed by atoms with E-state index in [-0.39, 0.29) is 17.3 Å². The maximum absolute atomic E-state index is 13.0. The molecule has 1 saturated heterocycles. The first kappa shape index (κ1) is 17.9. The lowest BCUT2D eigenvalue weighted by Gasteiger charge is -2.29. The lowest BCUT2D eigenvalue weighted by Crippen LogP contribution is -2.31. The number of benzene rings is 1. The highest BCUT2D eigenvalue weighted by Gasteiger charge is 2.48. The Morgan fingerprint density at radius 3 is 2.56 bits per heavy atom. The van der Waals surface area contributed by atoms with Gasteiger partial charge in [-0.1, -0.05) is 0 Å². The lowest BCUT2D eigenvalue weighted by molar-refractivity contribution is 0.161. The van der Waals surface area contributed by atoms with Gasteiger partial charge in [0.15, 0.2) is 11.5 Å². The molecule has 0 N–H and O–H groups in total. The first-order valence-corrected chi connectivity index (χ1v) is 9.07. The van der Waals surface area contributed by atoms with Crippen molar-refractivity contribution in [2.45, 2.75) is 45.0 Å². The van der Waals surface area contributed by atoms with Gasteiger partial charge in [0, 0.05) is 12.4 Å². The largest absolute Gasteiger partial charge is 0.493 e. The number of ether oxygens (including phenoxy) is 4. The zero-order chi connectivity index (χ0) is 19.6. The van der Waals surface area contributed by atoms with Crippen LogP contribution in [0.2, 0.25) is 0 Å². The van der Waals surface area contributed by atoms with Gasteiger partial charge in [-0.05, 0) is 52.0 Å². The van der Waals surface area contributed by atoms with E-state index < -0.39 is 5.60 Å². The van der Waals surface area contributed by atoms with Crippen molar-refractivity contribution in [2.75, 3.05) is 13.7 Å². The van der Waals surface area contributed by atoms with Gasteiger partial charge in [-0.15, -0.1) is 0 Å². The van der Waals surface area contributed by atoms with Gasteiger partial charge in [0.05, 0.1) is 18.3 Å². The van der Waals surface area contributed by atoms with Gasteiger partial charge in [0.25, 0.3) is 5.56 Å². The minimum Gasteiger partial charge on any atom is -0.493 e. The Hall–Kier alpha value is -2.47. The van der Waals surface area contributed by atoms with E-state index >= 15 is 0 Å². The summed E-state index contributed by atoms with van der Waals surface area (Å²) in [4.78, 5) is 13.0. The molecule has 1 aromatic heterocycles. The molecule has 0 bridgehead atoms. The number of pyridine rings is 1. The molecule has 1 fully saturated rings. The standard InChI is InChI=1S/C21H25NO5/c1-20(2)10-9-13-17(27-20)12-7-8-14(24-6)18(16(12)22(5)19(13)23)25-11-15-21(3,4)26-15/h7-10,15H,11H2,1-6H3/t15-/m1/s1. The highest BCUT2D eigenvalue weighted by atomic mass is 16.6.